The highest BCUT2D eigenvalue weighted by Gasteiger charge is 2.38. The van der Waals surface area contributed by atoms with Crippen molar-refractivity contribution in [1.82, 2.24) is 4.90 Å². The zero-order chi connectivity index (χ0) is 18.0. The molecular formula is C19H17ClN2O3. The first-order valence-electron chi connectivity index (χ1n) is 7.83. The van der Waals surface area contributed by atoms with Crippen LogP contribution in [0.5, 0.6) is 5.75 Å². The Hall–Kier alpha value is -2.79. The van der Waals surface area contributed by atoms with Gasteiger partial charge in [-0.1, -0.05) is 35.9 Å². The Balaban J connectivity index is 2.11. The van der Waals surface area contributed by atoms with E-state index in [9.17, 15) is 9.59 Å². The van der Waals surface area contributed by atoms with Gasteiger partial charge in [0.25, 0.3) is 11.8 Å². The minimum atomic E-state index is -0.358. The van der Waals surface area contributed by atoms with Crippen LogP contribution >= 0.6 is 11.6 Å². The Morgan fingerprint density at radius 2 is 1.72 bits per heavy atom. The number of amides is 2. The van der Waals surface area contributed by atoms with Gasteiger partial charge in [-0.3, -0.25) is 14.5 Å². The van der Waals surface area contributed by atoms with Crippen molar-refractivity contribution in [1.29, 1.82) is 0 Å². The van der Waals surface area contributed by atoms with Gasteiger partial charge in [0.05, 0.1) is 18.4 Å². The summed E-state index contributed by atoms with van der Waals surface area (Å²) in [5.74, 6) is -0.101. The normalized spacial score (nSPS) is 14.3. The number of benzene rings is 2. The summed E-state index contributed by atoms with van der Waals surface area (Å²) in [6.45, 7) is 2.06. The summed E-state index contributed by atoms with van der Waals surface area (Å²) >= 11 is 5.93. The van der Waals surface area contributed by atoms with E-state index in [1.165, 1.54) is 4.90 Å². The lowest BCUT2D eigenvalue weighted by atomic mass is 10.0. The minimum Gasteiger partial charge on any atom is -0.495 e. The summed E-state index contributed by atoms with van der Waals surface area (Å²) in [4.78, 5) is 26.7. The summed E-state index contributed by atoms with van der Waals surface area (Å²) < 4.78 is 5.32. The third-order valence-corrected chi connectivity index (χ3v) is 4.24. The number of carbonyl (C=O) groups excluding carboxylic acids is 2. The number of hydrogen-bond acceptors (Lipinski definition) is 4. The largest absolute Gasteiger partial charge is 0.495 e. The maximum atomic E-state index is 12.7. The number of rotatable bonds is 5. The van der Waals surface area contributed by atoms with Crippen LogP contribution in [0.1, 0.15) is 12.5 Å². The van der Waals surface area contributed by atoms with Gasteiger partial charge >= 0.3 is 0 Å². The van der Waals surface area contributed by atoms with E-state index < -0.39 is 0 Å². The number of para-hydroxylation sites is 2. The molecule has 0 aliphatic carbocycles. The molecule has 0 atom stereocenters. The molecule has 0 bridgehead atoms. The van der Waals surface area contributed by atoms with Crippen LogP contribution in [0.25, 0.3) is 5.57 Å². The summed E-state index contributed by atoms with van der Waals surface area (Å²) in [7, 11) is 1.55. The second-order valence-corrected chi connectivity index (χ2v) is 5.87. The van der Waals surface area contributed by atoms with Gasteiger partial charge in [0.1, 0.15) is 11.4 Å². The molecule has 1 aliphatic heterocycles. The first-order valence-corrected chi connectivity index (χ1v) is 8.21. The number of halogens is 1. The topological polar surface area (TPSA) is 58.6 Å². The van der Waals surface area contributed by atoms with E-state index in [4.69, 9.17) is 16.3 Å². The number of anilines is 1. The molecular weight excluding hydrogens is 340 g/mol. The van der Waals surface area contributed by atoms with Crippen molar-refractivity contribution < 1.29 is 14.3 Å². The zero-order valence-corrected chi connectivity index (χ0v) is 14.6. The average molecular weight is 357 g/mol. The van der Waals surface area contributed by atoms with Crippen LogP contribution in [0.3, 0.4) is 0 Å². The summed E-state index contributed by atoms with van der Waals surface area (Å²) in [6, 6.07) is 14.1. The standard InChI is InChI=1S/C19H17ClN2O3/c1-3-22-18(23)16(12-8-10-13(20)11-9-12)17(19(22)24)21-14-6-4-5-7-15(14)25-2/h4-11,21H,3H2,1-2H3. The first-order chi connectivity index (χ1) is 12.1. The second-order valence-electron chi connectivity index (χ2n) is 5.44. The van der Waals surface area contributed by atoms with Crippen molar-refractivity contribution in [3.05, 3.63) is 64.8 Å². The SMILES string of the molecule is CCN1C(=O)C(Nc2ccccc2OC)=C(c2ccc(Cl)cc2)C1=O. The molecule has 2 amide bonds. The van der Waals surface area contributed by atoms with Crippen LogP contribution in [0.4, 0.5) is 5.69 Å². The van der Waals surface area contributed by atoms with E-state index in [1.54, 1.807) is 50.4 Å². The van der Waals surface area contributed by atoms with Crippen molar-refractivity contribution in [2.45, 2.75) is 6.92 Å². The van der Waals surface area contributed by atoms with Crippen LogP contribution in [-0.2, 0) is 9.59 Å². The average Bonchev–Trinajstić information content (AvgIpc) is 2.86. The number of ether oxygens (including phenoxy) is 1. The summed E-state index contributed by atoms with van der Waals surface area (Å²) in [6.07, 6.45) is 0. The molecule has 0 fully saturated rings. The Morgan fingerprint density at radius 1 is 1.04 bits per heavy atom. The number of imide groups is 1. The molecule has 0 radical (unpaired) electrons. The monoisotopic (exact) mass is 356 g/mol. The molecule has 5 nitrogen and oxygen atoms in total. The van der Waals surface area contributed by atoms with Gasteiger partial charge in [0.15, 0.2) is 0 Å². The molecule has 3 rings (SSSR count). The molecule has 2 aromatic rings. The Morgan fingerprint density at radius 3 is 2.36 bits per heavy atom. The predicted octanol–water partition coefficient (Wildman–Crippen LogP) is 3.56. The van der Waals surface area contributed by atoms with Crippen LogP contribution in [0.15, 0.2) is 54.2 Å². The maximum absolute atomic E-state index is 12.7. The zero-order valence-electron chi connectivity index (χ0n) is 13.9. The van der Waals surface area contributed by atoms with Crippen molar-refractivity contribution in [3.8, 4) is 5.75 Å². The van der Waals surface area contributed by atoms with E-state index in [2.05, 4.69) is 5.32 Å². The van der Waals surface area contributed by atoms with E-state index in [0.717, 1.165) is 0 Å². The van der Waals surface area contributed by atoms with Crippen LogP contribution in [0, 0.1) is 0 Å². The second kappa shape index (κ2) is 6.99. The fraction of sp³-hybridized carbons (Fsp3) is 0.158. The van der Waals surface area contributed by atoms with Crippen molar-refractivity contribution in [2.75, 3.05) is 19.0 Å². The van der Waals surface area contributed by atoms with Gasteiger partial charge in [-0.2, -0.15) is 0 Å². The number of nitrogens with one attached hydrogen (secondary N) is 1. The van der Waals surface area contributed by atoms with E-state index in [0.29, 0.717) is 34.1 Å². The molecule has 0 spiro atoms. The molecule has 6 heteroatoms. The molecule has 1 N–H and O–H groups in total. The summed E-state index contributed by atoms with van der Waals surface area (Å²) in [5.41, 5.74) is 1.81. The van der Waals surface area contributed by atoms with Gasteiger partial charge < -0.3 is 10.1 Å². The highest BCUT2D eigenvalue weighted by molar-refractivity contribution is 6.37. The minimum absolute atomic E-state index is 0.235. The van der Waals surface area contributed by atoms with Gasteiger partial charge in [-0.25, -0.2) is 0 Å². The molecule has 0 saturated heterocycles. The Kier molecular flexibility index (Phi) is 4.76. The molecule has 0 aromatic heterocycles. The molecule has 128 valence electrons. The lowest BCUT2D eigenvalue weighted by Crippen LogP contribution is -2.32. The van der Waals surface area contributed by atoms with Gasteiger partial charge in [0, 0.05) is 11.6 Å². The number of carbonyl (C=O) groups is 2. The fourth-order valence-electron chi connectivity index (χ4n) is 2.75. The fourth-order valence-corrected chi connectivity index (χ4v) is 2.87. The van der Waals surface area contributed by atoms with Gasteiger partial charge in [-0.05, 0) is 36.8 Å². The van der Waals surface area contributed by atoms with Crippen LogP contribution in [-0.4, -0.2) is 30.4 Å². The van der Waals surface area contributed by atoms with Crippen molar-refractivity contribution >= 4 is 34.7 Å². The van der Waals surface area contributed by atoms with E-state index >= 15 is 0 Å². The predicted molar refractivity (Wildman–Crippen MR) is 97.4 cm³/mol. The third kappa shape index (κ3) is 3.10. The van der Waals surface area contributed by atoms with Gasteiger partial charge in [-0.15, -0.1) is 0 Å². The van der Waals surface area contributed by atoms with Gasteiger partial charge in [0.2, 0.25) is 0 Å². The number of likely N-dealkylation sites (N-methyl/N-ethyl adjacent to an activating group) is 1. The molecule has 25 heavy (non-hydrogen) atoms. The van der Waals surface area contributed by atoms with Crippen molar-refractivity contribution in [3.63, 3.8) is 0 Å². The molecule has 1 aliphatic rings. The number of nitrogens with zero attached hydrogens (tertiary/aromatic N) is 1. The van der Waals surface area contributed by atoms with E-state index in [1.807, 2.05) is 12.1 Å². The smallest absolute Gasteiger partial charge is 0.278 e. The molecule has 2 aromatic carbocycles. The number of hydrogen-bond donors (Lipinski definition) is 1. The quantitative estimate of drug-likeness (QED) is 0.832. The van der Waals surface area contributed by atoms with E-state index in [-0.39, 0.29) is 17.5 Å². The van der Waals surface area contributed by atoms with Crippen molar-refractivity contribution in [2.24, 2.45) is 0 Å². The van der Waals surface area contributed by atoms with Crippen LogP contribution in [0.2, 0.25) is 5.02 Å². The lowest BCUT2D eigenvalue weighted by molar-refractivity contribution is -0.136. The highest BCUT2D eigenvalue weighted by Crippen LogP contribution is 2.33. The number of methoxy groups -OCH3 is 1. The highest BCUT2D eigenvalue weighted by atomic mass is 35.5. The summed E-state index contributed by atoms with van der Waals surface area (Å²) in [5, 5.41) is 3.64. The molecule has 0 unspecified atom stereocenters. The van der Waals surface area contributed by atoms with Crippen LogP contribution < -0.4 is 10.1 Å². The Labute approximate surface area is 150 Å². The third-order valence-electron chi connectivity index (χ3n) is 3.98. The first kappa shape index (κ1) is 17.0. The lowest BCUT2D eigenvalue weighted by Gasteiger charge is -2.13. The molecule has 1 heterocycles. The maximum Gasteiger partial charge on any atom is 0.278 e. The molecule has 0 saturated carbocycles. The Bertz CT molecular complexity index is 859.